The Morgan fingerprint density at radius 3 is 2.80 bits per heavy atom. The van der Waals surface area contributed by atoms with E-state index in [0.717, 1.165) is 6.42 Å². The molecule has 0 radical (unpaired) electrons. The number of rotatable bonds is 9. The summed E-state index contributed by atoms with van der Waals surface area (Å²) in [7, 11) is 3.23. The molecule has 0 fully saturated rings. The molecule has 1 atom stereocenters. The van der Waals surface area contributed by atoms with Gasteiger partial charge in [-0.2, -0.15) is 0 Å². The zero-order valence-electron chi connectivity index (χ0n) is 12.1. The van der Waals surface area contributed by atoms with Crippen LogP contribution in [0.1, 0.15) is 23.0 Å². The minimum absolute atomic E-state index is 0.0288. The van der Waals surface area contributed by atoms with Crippen LogP contribution in [0.4, 0.5) is 10.9 Å². The zero-order valence-corrected chi connectivity index (χ0v) is 12.9. The molecule has 1 aromatic heterocycles. The molecule has 8 heteroatoms. The van der Waals surface area contributed by atoms with E-state index in [1.807, 2.05) is 6.92 Å². The predicted molar refractivity (Wildman–Crippen MR) is 80.3 cm³/mol. The SMILES string of the molecule is CCC(COC)NC(=O)c1sc(NCCOC)nc1N. The predicted octanol–water partition coefficient (Wildman–Crippen LogP) is 0.938. The van der Waals surface area contributed by atoms with Gasteiger partial charge in [-0.05, 0) is 6.42 Å². The fourth-order valence-electron chi connectivity index (χ4n) is 1.54. The number of anilines is 2. The monoisotopic (exact) mass is 302 g/mol. The number of hydrogen-bond donors (Lipinski definition) is 3. The summed E-state index contributed by atoms with van der Waals surface area (Å²) in [4.78, 5) is 16.7. The average Bonchev–Trinajstić information content (AvgIpc) is 2.79. The fraction of sp³-hybridized carbons (Fsp3) is 0.667. The molecule has 114 valence electrons. The lowest BCUT2D eigenvalue weighted by Crippen LogP contribution is -2.37. The number of ether oxygens (including phenoxy) is 2. The second-order valence-corrected chi connectivity index (χ2v) is 5.19. The van der Waals surface area contributed by atoms with Crippen molar-refractivity contribution >= 4 is 28.2 Å². The Morgan fingerprint density at radius 2 is 2.20 bits per heavy atom. The van der Waals surface area contributed by atoms with Crippen LogP contribution in [0.5, 0.6) is 0 Å². The number of hydrogen-bond acceptors (Lipinski definition) is 7. The van der Waals surface area contributed by atoms with Gasteiger partial charge in [0.25, 0.3) is 5.91 Å². The van der Waals surface area contributed by atoms with Gasteiger partial charge < -0.3 is 25.8 Å². The second-order valence-electron chi connectivity index (χ2n) is 4.19. The molecular formula is C12H22N4O3S. The van der Waals surface area contributed by atoms with Crippen LogP contribution in [0.15, 0.2) is 0 Å². The van der Waals surface area contributed by atoms with Crippen molar-refractivity contribution in [1.29, 1.82) is 0 Å². The summed E-state index contributed by atoms with van der Waals surface area (Å²) in [5.74, 6) is 0.0170. The summed E-state index contributed by atoms with van der Waals surface area (Å²) in [6, 6.07) is -0.0288. The number of nitrogens with zero attached hydrogens (tertiary/aromatic N) is 1. The maximum atomic E-state index is 12.1. The first-order valence-electron chi connectivity index (χ1n) is 6.41. The van der Waals surface area contributed by atoms with Gasteiger partial charge in [-0.1, -0.05) is 18.3 Å². The van der Waals surface area contributed by atoms with Crippen molar-refractivity contribution in [3.05, 3.63) is 4.88 Å². The summed E-state index contributed by atoms with van der Waals surface area (Å²) in [5.41, 5.74) is 5.77. The van der Waals surface area contributed by atoms with Crippen LogP contribution >= 0.6 is 11.3 Å². The number of methoxy groups -OCH3 is 2. The van der Waals surface area contributed by atoms with E-state index < -0.39 is 0 Å². The Labute approximate surface area is 122 Å². The van der Waals surface area contributed by atoms with E-state index in [2.05, 4.69) is 15.6 Å². The lowest BCUT2D eigenvalue weighted by Gasteiger charge is -2.15. The lowest BCUT2D eigenvalue weighted by atomic mass is 10.2. The molecule has 0 aromatic carbocycles. The Bertz CT molecular complexity index is 425. The Morgan fingerprint density at radius 1 is 1.45 bits per heavy atom. The van der Waals surface area contributed by atoms with Crippen LogP contribution in [0, 0.1) is 0 Å². The van der Waals surface area contributed by atoms with Gasteiger partial charge >= 0.3 is 0 Å². The van der Waals surface area contributed by atoms with Crippen molar-refractivity contribution in [3.8, 4) is 0 Å². The molecule has 1 heterocycles. The molecule has 4 N–H and O–H groups in total. The van der Waals surface area contributed by atoms with Crippen LogP contribution in [-0.4, -0.2) is 50.9 Å². The third kappa shape index (κ3) is 4.95. The Kier molecular flexibility index (Phi) is 7.27. The quantitative estimate of drug-likeness (QED) is 0.587. The van der Waals surface area contributed by atoms with E-state index in [0.29, 0.717) is 29.8 Å². The normalized spacial score (nSPS) is 12.2. The number of carbonyl (C=O) groups excluding carboxylic acids is 1. The molecule has 1 unspecified atom stereocenters. The van der Waals surface area contributed by atoms with Crippen LogP contribution in [-0.2, 0) is 9.47 Å². The molecule has 1 amide bonds. The van der Waals surface area contributed by atoms with E-state index >= 15 is 0 Å². The minimum atomic E-state index is -0.219. The maximum Gasteiger partial charge on any atom is 0.265 e. The van der Waals surface area contributed by atoms with Crippen LogP contribution in [0.3, 0.4) is 0 Å². The molecule has 0 saturated carbocycles. The highest BCUT2D eigenvalue weighted by atomic mass is 32.1. The third-order valence-electron chi connectivity index (χ3n) is 2.64. The number of thiazole rings is 1. The Hall–Kier alpha value is -1.38. The number of nitrogen functional groups attached to an aromatic ring is 1. The molecule has 0 aliphatic rings. The van der Waals surface area contributed by atoms with Crippen LogP contribution < -0.4 is 16.4 Å². The van der Waals surface area contributed by atoms with Crippen LogP contribution in [0.25, 0.3) is 0 Å². The van der Waals surface area contributed by atoms with Crippen molar-refractivity contribution in [3.63, 3.8) is 0 Å². The van der Waals surface area contributed by atoms with Gasteiger partial charge in [0.1, 0.15) is 10.7 Å². The molecule has 0 spiro atoms. The zero-order chi connectivity index (χ0) is 15.0. The van der Waals surface area contributed by atoms with Gasteiger partial charge in [-0.3, -0.25) is 4.79 Å². The summed E-state index contributed by atoms with van der Waals surface area (Å²) < 4.78 is 9.98. The molecule has 0 saturated heterocycles. The molecule has 0 aliphatic heterocycles. The number of aromatic nitrogens is 1. The van der Waals surface area contributed by atoms with Gasteiger partial charge in [0.15, 0.2) is 5.13 Å². The van der Waals surface area contributed by atoms with Gasteiger partial charge in [0, 0.05) is 20.8 Å². The summed E-state index contributed by atoms with van der Waals surface area (Å²) >= 11 is 1.23. The smallest absolute Gasteiger partial charge is 0.265 e. The highest BCUT2D eigenvalue weighted by Crippen LogP contribution is 2.24. The highest BCUT2D eigenvalue weighted by Gasteiger charge is 2.18. The van der Waals surface area contributed by atoms with Crippen molar-refractivity contribution in [1.82, 2.24) is 10.3 Å². The first-order chi connectivity index (χ1) is 9.62. The lowest BCUT2D eigenvalue weighted by molar-refractivity contribution is 0.0899. The van der Waals surface area contributed by atoms with Crippen molar-refractivity contribution in [2.75, 3.05) is 45.0 Å². The molecule has 0 bridgehead atoms. The number of amides is 1. The number of carbonyl (C=O) groups is 1. The number of nitrogens with two attached hydrogens (primary N) is 1. The topological polar surface area (TPSA) is 98.5 Å². The fourth-order valence-corrected chi connectivity index (χ4v) is 2.36. The molecule has 7 nitrogen and oxygen atoms in total. The van der Waals surface area contributed by atoms with Gasteiger partial charge in [0.2, 0.25) is 0 Å². The highest BCUT2D eigenvalue weighted by molar-refractivity contribution is 7.18. The summed E-state index contributed by atoms with van der Waals surface area (Å²) in [5, 5.41) is 6.55. The number of nitrogens with one attached hydrogen (secondary N) is 2. The minimum Gasteiger partial charge on any atom is -0.383 e. The third-order valence-corrected chi connectivity index (χ3v) is 3.67. The van der Waals surface area contributed by atoms with Crippen molar-refractivity contribution < 1.29 is 14.3 Å². The van der Waals surface area contributed by atoms with Crippen molar-refractivity contribution in [2.45, 2.75) is 19.4 Å². The largest absolute Gasteiger partial charge is 0.383 e. The average molecular weight is 302 g/mol. The van der Waals surface area contributed by atoms with Gasteiger partial charge in [0.05, 0.1) is 19.3 Å². The summed E-state index contributed by atoms with van der Waals surface area (Å²) in [6.45, 7) is 3.64. The summed E-state index contributed by atoms with van der Waals surface area (Å²) in [6.07, 6.45) is 0.789. The maximum absolute atomic E-state index is 12.1. The first kappa shape index (κ1) is 16.7. The van der Waals surface area contributed by atoms with Crippen LogP contribution in [0.2, 0.25) is 0 Å². The van der Waals surface area contributed by atoms with Gasteiger partial charge in [-0.25, -0.2) is 4.98 Å². The Balaban J connectivity index is 2.63. The van der Waals surface area contributed by atoms with E-state index in [-0.39, 0.29) is 17.8 Å². The standard InChI is InChI=1S/C12H22N4O3S/c1-4-8(7-19-3)15-11(17)9-10(13)16-12(20-9)14-5-6-18-2/h8H,4-7,13H2,1-3H3,(H,14,16)(H,15,17). The van der Waals surface area contributed by atoms with E-state index in [1.54, 1.807) is 14.2 Å². The van der Waals surface area contributed by atoms with E-state index in [9.17, 15) is 4.79 Å². The van der Waals surface area contributed by atoms with Crippen molar-refractivity contribution in [2.24, 2.45) is 0 Å². The van der Waals surface area contributed by atoms with E-state index in [1.165, 1.54) is 11.3 Å². The second kappa shape index (κ2) is 8.72. The molecule has 20 heavy (non-hydrogen) atoms. The van der Waals surface area contributed by atoms with Gasteiger partial charge in [-0.15, -0.1) is 0 Å². The molecule has 0 aliphatic carbocycles. The first-order valence-corrected chi connectivity index (χ1v) is 7.22. The van der Waals surface area contributed by atoms with E-state index in [4.69, 9.17) is 15.2 Å². The molecule has 1 aromatic rings. The molecule has 1 rings (SSSR count). The molecular weight excluding hydrogens is 280 g/mol.